The smallest absolute Gasteiger partial charge is 0.350 e. The third kappa shape index (κ3) is 4.19. The van der Waals surface area contributed by atoms with Gasteiger partial charge < -0.3 is 9.80 Å². The van der Waals surface area contributed by atoms with E-state index in [-0.39, 0.29) is 21.5 Å². The molecule has 35 heavy (non-hydrogen) atoms. The molecule has 0 saturated carbocycles. The van der Waals surface area contributed by atoms with Crippen molar-refractivity contribution in [3.63, 3.8) is 0 Å². The summed E-state index contributed by atoms with van der Waals surface area (Å²) >= 11 is 14.2. The molecule has 1 fully saturated rings. The largest absolute Gasteiger partial charge is 0.352 e. The fraction of sp³-hybridized carbons (Fsp3) is 0.292. The van der Waals surface area contributed by atoms with Crippen molar-refractivity contribution in [1.29, 1.82) is 0 Å². The SMILES string of the molecule is C=CC(=O)N1CCN(c2nc(=O)n3c4c(c(-c5cc(Cl)c(F)cc5F)c(Cl)cc24)SCCC3)CC1. The van der Waals surface area contributed by atoms with Crippen LogP contribution in [0, 0.1) is 11.6 Å². The van der Waals surface area contributed by atoms with Crippen LogP contribution in [-0.4, -0.2) is 52.3 Å². The van der Waals surface area contributed by atoms with Gasteiger partial charge in [0.2, 0.25) is 5.91 Å². The van der Waals surface area contributed by atoms with E-state index in [1.807, 2.05) is 4.90 Å². The molecular weight excluding hydrogens is 517 g/mol. The van der Waals surface area contributed by atoms with Gasteiger partial charge in [0.25, 0.3) is 0 Å². The van der Waals surface area contributed by atoms with Crippen LogP contribution in [0.25, 0.3) is 22.0 Å². The van der Waals surface area contributed by atoms with E-state index in [4.69, 9.17) is 23.2 Å². The van der Waals surface area contributed by atoms with Crippen molar-refractivity contribution in [3.8, 4) is 11.1 Å². The van der Waals surface area contributed by atoms with E-state index in [2.05, 4.69) is 11.6 Å². The molecule has 0 atom stereocenters. The molecule has 1 amide bonds. The van der Waals surface area contributed by atoms with Gasteiger partial charge in [0.1, 0.15) is 17.5 Å². The maximum absolute atomic E-state index is 14.9. The highest BCUT2D eigenvalue weighted by atomic mass is 35.5. The minimum atomic E-state index is -0.860. The summed E-state index contributed by atoms with van der Waals surface area (Å²) in [5.74, 6) is -0.643. The van der Waals surface area contributed by atoms with Gasteiger partial charge in [0.15, 0.2) is 0 Å². The number of aromatic nitrogens is 2. The van der Waals surface area contributed by atoms with E-state index in [0.717, 1.165) is 6.07 Å². The molecule has 1 saturated heterocycles. The van der Waals surface area contributed by atoms with Crippen LogP contribution in [0.15, 0.2) is 40.5 Å². The molecule has 0 unspecified atom stereocenters. The lowest BCUT2D eigenvalue weighted by molar-refractivity contribution is -0.126. The zero-order valence-electron chi connectivity index (χ0n) is 18.5. The lowest BCUT2D eigenvalue weighted by Crippen LogP contribution is -2.49. The maximum atomic E-state index is 14.9. The third-order valence-corrected chi connectivity index (χ3v) is 8.03. The zero-order valence-corrected chi connectivity index (χ0v) is 20.8. The van der Waals surface area contributed by atoms with E-state index in [0.29, 0.717) is 72.1 Å². The molecule has 0 radical (unpaired) electrons. The standard InChI is InChI=1S/C24H20Cl2F2N4O2S/c1-2-19(33)30-5-7-31(8-6-30)23-14-11-16(26)20(13-10-15(25)18(28)12-17(13)27)22-21(14)32(24(34)29-23)4-3-9-35-22/h2,10-12H,1,3-9H2. The lowest BCUT2D eigenvalue weighted by atomic mass is 10.0. The summed E-state index contributed by atoms with van der Waals surface area (Å²) in [7, 11) is 0. The molecule has 0 spiro atoms. The normalized spacial score (nSPS) is 15.9. The van der Waals surface area contributed by atoms with E-state index in [9.17, 15) is 18.4 Å². The molecule has 1 aromatic heterocycles. The van der Waals surface area contributed by atoms with Crippen LogP contribution in [-0.2, 0) is 11.3 Å². The Morgan fingerprint density at radius 1 is 1.06 bits per heavy atom. The van der Waals surface area contributed by atoms with Crippen LogP contribution in [0.3, 0.4) is 0 Å². The van der Waals surface area contributed by atoms with Gasteiger partial charge in [-0.3, -0.25) is 9.36 Å². The first-order valence-corrected chi connectivity index (χ1v) is 12.8. The highest BCUT2D eigenvalue weighted by molar-refractivity contribution is 7.99. The highest BCUT2D eigenvalue weighted by Gasteiger charge is 2.28. The second-order valence-corrected chi connectivity index (χ2v) is 10.2. The van der Waals surface area contributed by atoms with E-state index < -0.39 is 17.3 Å². The summed E-state index contributed by atoms with van der Waals surface area (Å²) in [5.41, 5.74) is 0.650. The van der Waals surface area contributed by atoms with Crippen LogP contribution >= 0.6 is 35.0 Å². The summed E-state index contributed by atoms with van der Waals surface area (Å²) in [6.07, 6.45) is 1.99. The van der Waals surface area contributed by atoms with Gasteiger partial charge in [-0.15, -0.1) is 11.8 Å². The van der Waals surface area contributed by atoms with E-state index in [1.54, 1.807) is 15.5 Å². The Hall–Kier alpha value is -2.62. The zero-order chi connectivity index (χ0) is 24.9. The number of carbonyl (C=O) groups is 1. The third-order valence-electron chi connectivity index (χ3n) is 6.27. The number of anilines is 1. The first kappa shape index (κ1) is 24.1. The van der Waals surface area contributed by atoms with Crippen LogP contribution < -0.4 is 10.6 Å². The van der Waals surface area contributed by atoms with Crippen LogP contribution in [0.4, 0.5) is 14.6 Å². The highest BCUT2D eigenvalue weighted by Crippen LogP contribution is 2.46. The molecule has 5 rings (SSSR count). The topological polar surface area (TPSA) is 58.4 Å². The van der Waals surface area contributed by atoms with Crippen molar-refractivity contribution >= 4 is 57.6 Å². The second-order valence-electron chi connectivity index (χ2n) is 8.29. The molecule has 0 bridgehead atoms. The monoisotopic (exact) mass is 536 g/mol. The predicted molar refractivity (Wildman–Crippen MR) is 136 cm³/mol. The Labute approximate surface area is 214 Å². The Morgan fingerprint density at radius 2 is 1.80 bits per heavy atom. The van der Waals surface area contributed by atoms with Crippen LogP contribution in [0.5, 0.6) is 0 Å². The number of thioether (sulfide) groups is 1. The number of aryl methyl sites for hydroxylation is 1. The molecule has 2 aliphatic rings. The van der Waals surface area contributed by atoms with Gasteiger partial charge in [-0.25, -0.2) is 13.6 Å². The molecule has 3 aromatic rings. The van der Waals surface area contributed by atoms with Crippen molar-refractivity contribution in [2.75, 3.05) is 36.8 Å². The Bertz CT molecular complexity index is 1440. The van der Waals surface area contributed by atoms with Gasteiger partial charge >= 0.3 is 5.69 Å². The minimum absolute atomic E-state index is 0.0709. The van der Waals surface area contributed by atoms with Crippen molar-refractivity contribution in [2.45, 2.75) is 17.9 Å². The van der Waals surface area contributed by atoms with Gasteiger partial charge in [-0.1, -0.05) is 29.8 Å². The molecule has 2 aromatic carbocycles. The summed E-state index contributed by atoms with van der Waals surface area (Å²) in [4.78, 5) is 33.8. The Morgan fingerprint density at radius 3 is 2.51 bits per heavy atom. The second kappa shape index (κ2) is 9.44. The number of piperazine rings is 1. The Balaban J connectivity index is 1.72. The molecule has 6 nitrogen and oxygen atoms in total. The number of halogens is 4. The summed E-state index contributed by atoms with van der Waals surface area (Å²) in [5, 5.41) is 0.695. The number of carbonyl (C=O) groups excluding carboxylic acids is 1. The number of nitrogens with zero attached hydrogens (tertiary/aromatic N) is 4. The molecule has 11 heteroatoms. The molecular formula is C24H20Cl2F2N4O2S. The fourth-order valence-corrected chi connectivity index (χ4v) is 6.30. The minimum Gasteiger partial charge on any atom is -0.352 e. The van der Waals surface area contributed by atoms with Gasteiger partial charge in [-0.05, 0) is 30.4 Å². The first-order valence-electron chi connectivity index (χ1n) is 11.0. The fourth-order valence-electron chi connectivity index (χ4n) is 4.58. The lowest BCUT2D eigenvalue weighted by Gasteiger charge is -2.35. The number of hydrogen-bond donors (Lipinski definition) is 0. The number of rotatable bonds is 3. The number of benzene rings is 2. The number of amides is 1. The first-order chi connectivity index (χ1) is 16.8. The maximum Gasteiger partial charge on any atom is 0.350 e. The Kier molecular flexibility index (Phi) is 6.50. The summed E-state index contributed by atoms with van der Waals surface area (Å²) < 4.78 is 30.4. The van der Waals surface area contributed by atoms with Crippen molar-refractivity contribution < 1.29 is 13.6 Å². The average Bonchev–Trinajstić information content (AvgIpc) is 3.07. The quantitative estimate of drug-likeness (QED) is 0.349. The summed E-state index contributed by atoms with van der Waals surface area (Å²) in [6.45, 7) is 5.88. The van der Waals surface area contributed by atoms with Gasteiger partial charge in [0.05, 0.1) is 15.6 Å². The molecule has 2 aliphatic heterocycles. The summed E-state index contributed by atoms with van der Waals surface area (Å²) in [6, 6.07) is 3.64. The molecule has 0 aliphatic carbocycles. The van der Waals surface area contributed by atoms with Crippen molar-refractivity contribution in [2.24, 2.45) is 0 Å². The van der Waals surface area contributed by atoms with Crippen LogP contribution in [0.2, 0.25) is 10.0 Å². The van der Waals surface area contributed by atoms with E-state index in [1.165, 1.54) is 23.9 Å². The van der Waals surface area contributed by atoms with Crippen molar-refractivity contribution in [3.05, 3.63) is 63.0 Å². The molecule has 182 valence electrons. The van der Waals surface area contributed by atoms with Gasteiger partial charge in [0, 0.05) is 60.2 Å². The predicted octanol–water partition coefficient (Wildman–Crippen LogP) is 4.98. The molecule has 0 N–H and O–H groups in total. The van der Waals surface area contributed by atoms with Gasteiger partial charge in [-0.2, -0.15) is 4.98 Å². The van der Waals surface area contributed by atoms with Crippen LogP contribution in [0.1, 0.15) is 6.42 Å². The van der Waals surface area contributed by atoms with E-state index >= 15 is 0 Å². The molecule has 3 heterocycles. The average molecular weight is 537 g/mol. The van der Waals surface area contributed by atoms with Crippen molar-refractivity contribution in [1.82, 2.24) is 14.5 Å². The number of hydrogen-bond acceptors (Lipinski definition) is 5.